The van der Waals surface area contributed by atoms with E-state index >= 15 is 0 Å². The lowest BCUT2D eigenvalue weighted by atomic mass is 10.2. The number of urea groups is 1. The lowest BCUT2D eigenvalue weighted by Crippen LogP contribution is -2.47. The number of aromatic nitrogens is 2. The first-order valence-electron chi connectivity index (χ1n) is 7.80. The third-order valence-electron chi connectivity index (χ3n) is 3.74. The van der Waals surface area contributed by atoms with E-state index in [1.54, 1.807) is 23.4 Å². The van der Waals surface area contributed by atoms with Crippen molar-refractivity contribution in [2.24, 2.45) is 0 Å². The highest BCUT2D eigenvalue weighted by molar-refractivity contribution is 5.74. The van der Waals surface area contributed by atoms with E-state index < -0.39 is 0 Å². The molecule has 0 bridgehead atoms. The number of nitrogens with one attached hydrogen (secondary N) is 1. The second-order valence-corrected chi connectivity index (χ2v) is 5.72. The van der Waals surface area contributed by atoms with Crippen molar-refractivity contribution in [1.29, 1.82) is 0 Å². The van der Waals surface area contributed by atoms with E-state index in [0.29, 0.717) is 32.2 Å². The summed E-state index contributed by atoms with van der Waals surface area (Å²) in [5.74, 6) is 1.34. The van der Waals surface area contributed by atoms with Crippen molar-refractivity contribution < 1.29 is 13.9 Å². The quantitative estimate of drug-likeness (QED) is 0.912. The minimum atomic E-state index is -0.255. The molecule has 1 atom stereocenters. The van der Waals surface area contributed by atoms with Crippen LogP contribution in [0.1, 0.15) is 17.6 Å². The Morgan fingerprint density at radius 2 is 2.33 bits per heavy atom. The Morgan fingerprint density at radius 1 is 1.46 bits per heavy atom. The summed E-state index contributed by atoms with van der Waals surface area (Å²) in [6.07, 6.45) is 3.04. The number of nitrogens with zero attached hydrogens (tertiary/aromatic N) is 4. The molecule has 0 saturated carbocycles. The highest BCUT2D eigenvalue weighted by atomic mass is 16.5. The summed E-state index contributed by atoms with van der Waals surface area (Å²) in [5, 5.41) is 2.85. The van der Waals surface area contributed by atoms with Gasteiger partial charge < -0.3 is 24.3 Å². The molecule has 1 aliphatic rings. The standard InChI is InChI=1S/C16H21N5O3/c1-20(2)15-17-6-5-13(19-15)14-11-21(7-9-24-14)16(22)18-10-12-4-3-8-23-12/h3-6,8,14H,7,9-11H2,1-2H3,(H,18,22). The molecule has 1 saturated heterocycles. The van der Waals surface area contributed by atoms with Crippen molar-refractivity contribution in [2.45, 2.75) is 12.6 Å². The summed E-state index contributed by atoms with van der Waals surface area (Å²) in [6.45, 7) is 1.84. The Balaban J connectivity index is 1.61. The average Bonchev–Trinajstić information content (AvgIpc) is 3.13. The zero-order valence-corrected chi connectivity index (χ0v) is 13.8. The van der Waals surface area contributed by atoms with Crippen molar-refractivity contribution in [1.82, 2.24) is 20.2 Å². The van der Waals surface area contributed by atoms with Crippen LogP contribution in [0.2, 0.25) is 0 Å². The van der Waals surface area contributed by atoms with Crippen LogP contribution in [0.5, 0.6) is 0 Å². The van der Waals surface area contributed by atoms with Crippen LogP contribution in [0.25, 0.3) is 0 Å². The first kappa shape index (κ1) is 16.3. The molecule has 0 radical (unpaired) electrons. The van der Waals surface area contributed by atoms with E-state index in [2.05, 4.69) is 15.3 Å². The van der Waals surface area contributed by atoms with Gasteiger partial charge in [0, 0.05) is 26.8 Å². The molecule has 2 amide bonds. The molecule has 8 heteroatoms. The summed E-state index contributed by atoms with van der Waals surface area (Å²) in [7, 11) is 3.77. The fraction of sp³-hybridized carbons (Fsp3) is 0.438. The number of amides is 2. The van der Waals surface area contributed by atoms with Gasteiger partial charge in [-0.1, -0.05) is 0 Å². The summed E-state index contributed by atoms with van der Waals surface area (Å²) in [5.41, 5.74) is 0.775. The van der Waals surface area contributed by atoms with Gasteiger partial charge in [0.1, 0.15) is 11.9 Å². The van der Waals surface area contributed by atoms with Crippen LogP contribution in [0.15, 0.2) is 35.1 Å². The third kappa shape index (κ3) is 3.83. The number of hydrogen-bond donors (Lipinski definition) is 1. The minimum Gasteiger partial charge on any atom is -0.467 e. The Kier molecular flexibility index (Phi) is 4.95. The largest absolute Gasteiger partial charge is 0.467 e. The molecular formula is C16H21N5O3. The summed E-state index contributed by atoms with van der Waals surface area (Å²) >= 11 is 0. The van der Waals surface area contributed by atoms with Gasteiger partial charge in [0.15, 0.2) is 0 Å². The van der Waals surface area contributed by atoms with Crippen LogP contribution >= 0.6 is 0 Å². The number of morpholine rings is 1. The lowest BCUT2D eigenvalue weighted by Gasteiger charge is -2.32. The second-order valence-electron chi connectivity index (χ2n) is 5.72. The van der Waals surface area contributed by atoms with Crippen LogP contribution in [0.4, 0.5) is 10.7 Å². The number of ether oxygens (including phenoxy) is 1. The molecule has 24 heavy (non-hydrogen) atoms. The summed E-state index contributed by atoms with van der Waals surface area (Å²) < 4.78 is 11.0. The van der Waals surface area contributed by atoms with Crippen molar-refractivity contribution in [2.75, 3.05) is 38.7 Å². The molecule has 2 aromatic rings. The van der Waals surface area contributed by atoms with E-state index in [0.717, 1.165) is 11.5 Å². The van der Waals surface area contributed by atoms with Gasteiger partial charge in [-0.05, 0) is 18.2 Å². The van der Waals surface area contributed by atoms with Crippen LogP contribution in [-0.2, 0) is 11.3 Å². The van der Waals surface area contributed by atoms with Crippen molar-refractivity contribution in [3.8, 4) is 0 Å². The van der Waals surface area contributed by atoms with Crippen LogP contribution in [0, 0.1) is 0 Å². The molecule has 1 aliphatic heterocycles. The van der Waals surface area contributed by atoms with Gasteiger partial charge in [0.2, 0.25) is 5.95 Å². The van der Waals surface area contributed by atoms with Gasteiger partial charge in [-0.15, -0.1) is 0 Å². The maximum absolute atomic E-state index is 12.3. The molecular weight excluding hydrogens is 310 g/mol. The number of anilines is 1. The molecule has 0 aromatic carbocycles. The molecule has 8 nitrogen and oxygen atoms in total. The Bertz CT molecular complexity index is 674. The molecule has 128 valence electrons. The van der Waals surface area contributed by atoms with Gasteiger partial charge in [-0.3, -0.25) is 0 Å². The van der Waals surface area contributed by atoms with Gasteiger partial charge >= 0.3 is 6.03 Å². The molecule has 2 aromatic heterocycles. The zero-order chi connectivity index (χ0) is 16.9. The van der Waals surface area contributed by atoms with E-state index in [9.17, 15) is 4.79 Å². The highest BCUT2D eigenvalue weighted by Gasteiger charge is 2.26. The molecule has 0 aliphatic carbocycles. The van der Waals surface area contributed by atoms with Crippen LogP contribution in [0.3, 0.4) is 0 Å². The number of carbonyl (C=O) groups is 1. The minimum absolute atomic E-state index is 0.137. The molecule has 0 spiro atoms. The van der Waals surface area contributed by atoms with E-state index in [-0.39, 0.29) is 12.1 Å². The normalized spacial score (nSPS) is 17.6. The molecule has 1 unspecified atom stereocenters. The molecule has 3 rings (SSSR count). The molecule has 1 fully saturated rings. The van der Waals surface area contributed by atoms with E-state index in [4.69, 9.17) is 9.15 Å². The van der Waals surface area contributed by atoms with Crippen molar-refractivity contribution >= 4 is 12.0 Å². The Hall–Kier alpha value is -2.61. The average molecular weight is 331 g/mol. The second kappa shape index (κ2) is 7.31. The zero-order valence-electron chi connectivity index (χ0n) is 13.8. The van der Waals surface area contributed by atoms with E-state index in [1.165, 1.54) is 0 Å². The highest BCUT2D eigenvalue weighted by Crippen LogP contribution is 2.21. The number of furan rings is 1. The van der Waals surface area contributed by atoms with Crippen LogP contribution < -0.4 is 10.2 Å². The number of rotatable bonds is 4. The fourth-order valence-corrected chi connectivity index (χ4v) is 2.46. The van der Waals surface area contributed by atoms with Gasteiger partial charge in [0.05, 0.1) is 31.7 Å². The SMILES string of the molecule is CN(C)c1nccc(C2CN(C(=O)NCc3ccco3)CCO2)n1. The summed E-state index contributed by atoms with van der Waals surface area (Å²) in [4.78, 5) is 24.6. The molecule has 3 heterocycles. The van der Waals surface area contributed by atoms with E-state index in [1.807, 2.05) is 31.1 Å². The van der Waals surface area contributed by atoms with Gasteiger partial charge in [-0.2, -0.15) is 0 Å². The van der Waals surface area contributed by atoms with Gasteiger partial charge in [-0.25, -0.2) is 14.8 Å². The predicted octanol–water partition coefficient (Wildman–Crippen LogP) is 1.42. The third-order valence-corrected chi connectivity index (χ3v) is 3.74. The Morgan fingerprint density at radius 3 is 3.08 bits per heavy atom. The lowest BCUT2D eigenvalue weighted by molar-refractivity contribution is -0.0177. The van der Waals surface area contributed by atoms with Crippen molar-refractivity contribution in [3.63, 3.8) is 0 Å². The summed E-state index contributed by atoms with van der Waals surface area (Å²) in [6, 6.07) is 5.30. The smallest absolute Gasteiger partial charge is 0.317 e. The first-order valence-corrected chi connectivity index (χ1v) is 7.80. The Labute approximate surface area is 140 Å². The maximum Gasteiger partial charge on any atom is 0.317 e. The fourth-order valence-electron chi connectivity index (χ4n) is 2.46. The topological polar surface area (TPSA) is 83.7 Å². The monoisotopic (exact) mass is 331 g/mol. The first-order chi connectivity index (χ1) is 11.6. The van der Waals surface area contributed by atoms with Gasteiger partial charge in [0.25, 0.3) is 0 Å². The number of hydrogen-bond acceptors (Lipinski definition) is 6. The van der Waals surface area contributed by atoms with Crippen LogP contribution in [-0.4, -0.2) is 54.7 Å². The van der Waals surface area contributed by atoms with Crippen molar-refractivity contribution in [3.05, 3.63) is 42.1 Å². The maximum atomic E-state index is 12.3. The molecule has 1 N–H and O–H groups in total. The number of carbonyl (C=O) groups excluding carboxylic acids is 1. The predicted molar refractivity (Wildman–Crippen MR) is 87.6 cm³/mol.